The van der Waals surface area contributed by atoms with Crippen LogP contribution in [0.2, 0.25) is 0 Å². The van der Waals surface area contributed by atoms with Gasteiger partial charge in [-0.3, -0.25) is 0 Å². The molecule has 1 N–H and O–H groups in total. The first-order valence-electron chi connectivity index (χ1n) is 7.96. The Kier molecular flexibility index (Phi) is 8.90. The molecule has 0 spiro atoms. The summed E-state index contributed by atoms with van der Waals surface area (Å²) in [7, 11) is 0. The summed E-state index contributed by atoms with van der Waals surface area (Å²) in [4.78, 5) is 22.2. The summed E-state index contributed by atoms with van der Waals surface area (Å²) in [5.74, 6) is -1.14. The Hall–Kier alpha value is -3.40. The van der Waals surface area contributed by atoms with Gasteiger partial charge in [0.05, 0.1) is 0 Å². The topological polar surface area (TPSA) is 63.6 Å². The van der Waals surface area contributed by atoms with Crippen LogP contribution in [0.5, 0.6) is 5.75 Å². The van der Waals surface area contributed by atoms with E-state index in [2.05, 4.69) is 13.2 Å². The highest BCUT2D eigenvalue weighted by Crippen LogP contribution is 2.12. The van der Waals surface area contributed by atoms with Gasteiger partial charge in [-0.1, -0.05) is 73.8 Å². The van der Waals surface area contributed by atoms with Crippen LogP contribution in [0, 0.1) is 0 Å². The fourth-order valence-corrected chi connectivity index (χ4v) is 1.70. The highest BCUT2D eigenvalue weighted by Gasteiger charge is 2.09. The van der Waals surface area contributed by atoms with Crippen LogP contribution in [-0.2, 0) is 9.59 Å². The molecule has 4 heteroatoms. The molecule has 0 aliphatic rings. The lowest BCUT2D eigenvalue weighted by Crippen LogP contribution is -2.10. The lowest BCUT2D eigenvalue weighted by molar-refractivity contribution is -0.133. The highest BCUT2D eigenvalue weighted by molar-refractivity contribution is 5.90. The summed E-state index contributed by atoms with van der Waals surface area (Å²) in [6.07, 6.45) is 3.42. The number of carboxylic acid groups (broad SMARTS) is 1. The molecule has 26 heavy (non-hydrogen) atoms. The van der Waals surface area contributed by atoms with Crippen LogP contribution in [0.15, 0.2) is 91.0 Å². The van der Waals surface area contributed by atoms with Gasteiger partial charge in [-0.25, -0.2) is 9.59 Å². The van der Waals surface area contributed by atoms with Crippen molar-refractivity contribution in [1.82, 2.24) is 0 Å². The second kappa shape index (κ2) is 11.2. The quantitative estimate of drug-likeness (QED) is 0.457. The number of ether oxygens (including phenoxy) is 1. The number of rotatable bonds is 6. The van der Waals surface area contributed by atoms with Crippen LogP contribution in [0.25, 0.3) is 6.08 Å². The highest BCUT2D eigenvalue weighted by atomic mass is 16.5. The standard InChI is InChI=1S/C14H14O4.C8H8/c1-10(13(15)16)8-9-11(2)14(17)18-12-6-4-3-5-7-12;1-2-8-6-4-3-5-7-8/h3-8H,2,9H2,1H3,(H,15,16);2-7H,1H2. The minimum absolute atomic E-state index is 0.157. The van der Waals surface area contributed by atoms with E-state index in [0.717, 1.165) is 0 Å². The van der Waals surface area contributed by atoms with Crippen LogP contribution in [-0.4, -0.2) is 17.0 Å². The maximum Gasteiger partial charge on any atom is 0.339 e. The molecule has 0 saturated heterocycles. The average molecular weight is 350 g/mol. The molecule has 0 aromatic heterocycles. The third-order valence-electron chi connectivity index (χ3n) is 3.27. The zero-order valence-corrected chi connectivity index (χ0v) is 14.7. The number of benzene rings is 2. The largest absolute Gasteiger partial charge is 0.478 e. The minimum Gasteiger partial charge on any atom is -0.478 e. The molecule has 0 aliphatic heterocycles. The molecule has 0 saturated carbocycles. The average Bonchev–Trinajstić information content (AvgIpc) is 2.67. The molecule has 0 radical (unpaired) electrons. The van der Waals surface area contributed by atoms with Gasteiger partial charge < -0.3 is 9.84 Å². The van der Waals surface area contributed by atoms with Gasteiger partial charge in [0.2, 0.25) is 0 Å². The van der Waals surface area contributed by atoms with Crippen molar-refractivity contribution in [3.63, 3.8) is 0 Å². The minimum atomic E-state index is -1.01. The van der Waals surface area contributed by atoms with Crippen molar-refractivity contribution in [3.05, 3.63) is 96.6 Å². The number of para-hydroxylation sites is 1. The fourth-order valence-electron chi connectivity index (χ4n) is 1.70. The number of aliphatic carboxylic acids is 1. The number of carbonyl (C=O) groups is 2. The van der Waals surface area contributed by atoms with E-state index in [1.807, 2.05) is 42.5 Å². The van der Waals surface area contributed by atoms with Crippen LogP contribution in [0.1, 0.15) is 18.9 Å². The third kappa shape index (κ3) is 7.93. The van der Waals surface area contributed by atoms with E-state index in [4.69, 9.17) is 9.84 Å². The molecule has 0 heterocycles. The van der Waals surface area contributed by atoms with Crippen molar-refractivity contribution in [2.24, 2.45) is 0 Å². The molecule has 0 fully saturated rings. The molecule has 134 valence electrons. The van der Waals surface area contributed by atoms with Gasteiger partial charge in [0.25, 0.3) is 0 Å². The molecule has 2 rings (SSSR count). The SMILES string of the molecule is C=C(CC=C(C)C(=O)O)C(=O)Oc1ccccc1.C=Cc1ccccc1. The Morgan fingerprint density at radius 3 is 2.04 bits per heavy atom. The van der Waals surface area contributed by atoms with E-state index in [1.54, 1.807) is 24.3 Å². The molecule has 0 aliphatic carbocycles. The van der Waals surface area contributed by atoms with Gasteiger partial charge in [0.1, 0.15) is 5.75 Å². The van der Waals surface area contributed by atoms with Crippen LogP contribution in [0.4, 0.5) is 0 Å². The van der Waals surface area contributed by atoms with E-state index in [0.29, 0.717) is 5.75 Å². The van der Waals surface area contributed by atoms with Crippen molar-refractivity contribution in [2.75, 3.05) is 0 Å². The summed E-state index contributed by atoms with van der Waals surface area (Å²) in [5.41, 5.74) is 1.55. The molecule has 4 nitrogen and oxygen atoms in total. The summed E-state index contributed by atoms with van der Waals surface area (Å²) >= 11 is 0. The second-order valence-electron chi connectivity index (χ2n) is 5.32. The summed E-state index contributed by atoms with van der Waals surface area (Å²) in [6, 6.07) is 18.7. The Morgan fingerprint density at radius 1 is 1.04 bits per heavy atom. The molecule has 2 aromatic rings. The zero-order chi connectivity index (χ0) is 19.4. The molecule has 0 unspecified atom stereocenters. The molecular formula is C22H22O4. The Balaban J connectivity index is 0.000000350. The van der Waals surface area contributed by atoms with Gasteiger partial charge in [-0.05, 0) is 31.0 Å². The maximum absolute atomic E-state index is 11.6. The Labute approximate surface area is 153 Å². The predicted octanol–water partition coefficient (Wildman–Crippen LogP) is 4.90. The fraction of sp³-hybridized carbons (Fsp3) is 0.0909. The van der Waals surface area contributed by atoms with E-state index in [1.165, 1.54) is 18.6 Å². The maximum atomic E-state index is 11.6. The van der Waals surface area contributed by atoms with Gasteiger partial charge >= 0.3 is 11.9 Å². The third-order valence-corrected chi connectivity index (χ3v) is 3.27. The van der Waals surface area contributed by atoms with Gasteiger partial charge in [0.15, 0.2) is 0 Å². The lowest BCUT2D eigenvalue weighted by atomic mass is 10.1. The number of allylic oxidation sites excluding steroid dienone is 1. The normalized spacial score (nSPS) is 10.1. The van der Waals surface area contributed by atoms with Crippen molar-refractivity contribution in [1.29, 1.82) is 0 Å². The summed E-state index contributed by atoms with van der Waals surface area (Å²) in [6.45, 7) is 8.66. The van der Waals surface area contributed by atoms with E-state index < -0.39 is 11.9 Å². The van der Waals surface area contributed by atoms with E-state index in [9.17, 15) is 9.59 Å². The summed E-state index contributed by atoms with van der Waals surface area (Å²) in [5, 5.41) is 8.65. The predicted molar refractivity (Wildman–Crippen MR) is 104 cm³/mol. The first-order chi connectivity index (χ1) is 12.4. The van der Waals surface area contributed by atoms with Crippen LogP contribution >= 0.6 is 0 Å². The molecular weight excluding hydrogens is 328 g/mol. The zero-order valence-electron chi connectivity index (χ0n) is 14.7. The second-order valence-corrected chi connectivity index (χ2v) is 5.32. The van der Waals surface area contributed by atoms with E-state index in [-0.39, 0.29) is 17.6 Å². The van der Waals surface area contributed by atoms with Crippen LogP contribution in [0.3, 0.4) is 0 Å². The molecule has 0 atom stereocenters. The number of carboxylic acids is 1. The Bertz CT molecular complexity index is 774. The molecule has 0 bridgehead atoms. The lowest BCUT2D eigenvalue weighted by Gasteiger charge is -2.04. The van der Waals surface area contributed by atoms with Crippen LogP contribution < -0.4 is 4.74 Å². The smallest absolute Gasteiger partial charge is 0.339 e. The van der Waals surface area contributed by atoms with Crippen molar-refractivity contribution in [3.8, 4) is 5.75 Å². The molecule has 2 aromatic carbocycles. The first kappa shape index (κ1) is 20.6. The van der Waals surface area contributed by atoms with Crippen molar-refractivity contribution >= 4 is 18.0 Å². The number of carbonyl (C=O) groups excluding carboxylic acids is 1. The Morgan fingerprint density at radius 2 is 1.58 bits per heavy atom. The molecule has 0 amide bonds. The number of hydrogen-bond donors (Lipinski definition) is 1. The van der Waals surface area contributed by atoms with Crippen molar-refractivity contribution < 1.29 is 19.4 Å². The van der Waals surface area contributed by atoms with Gasteiger partial charge in [0, 0.05) is 11.1 Å². The monoisotopic (exact) mass is 350 g/mol. The van der Waals surface area contributed by atoms with Gasteiger partial charge in [-0.15, -0.1) is 0 Å². The number of esters is 1. The summed E-state index contributed by atoms with van der Waals surface area (Å²) < 4.78 is 5.05. The first-order valence-corrected chi connectivity index (χ1v) is 7.96. The number of hydrogen-bond acceptors (Lipinski definition) is 3. The van der Waals surface area contributed by atoms with Crippen molar-refractivity contribution in [2.45, 2.75) is 13.3 Å². The van der Waals surface area contributed by atoms with E-state index >= 15 is 0 Å². The van der Waals surface area contributed by atoms with Gasteiger partial charge in [-0.2, -0.15) is 0 Å².